The molecule has 146 valence electrons. The zero-order chi connectivity index (χ0) is 20.0. The van der Waals surface area contributed by atoms with Crippen molar-refractivity contribution in [3.05, 3.63) is 29.3 Å². The maximum absolute atomic E-state index is 12.8. The fraction of sp³-hybridized carbons (Fsp3) is 0.421. The van der Waals surface area contributed by atoms with E-state index in [0.717, 1.165) is 10.6 Å². The zero-order valence-electron chi connectivity index (χ0n) is 15.0. The topological polar surface area (TPSA) is 124 Å². The number of nitrogens with one attached hydrogen (secondary N) is 1. The Morgan fingerprint density at radius 1 is 1.11 bits per heavy atom. The Labute approximate surface area is 160 Å². The van der Waals surface area contributed by atoms with Gasteiger partial charge in [-0.15, -0.1) is 0 Å². The predicted molar refractivity (Wildman–Crippen MR) is 95.7 cm³/mol. The number of carbonyl (C=O) groups is 5. The summed E-state index contributed by atoms with van der Waals surface area (Å²) in [6.45, 7) is 1.40. The Balaban J connectivity index is 1.48. The highest BCUT2D eigenvalue weighted by Crippen LogP contribution is 2.33. The lowest BCUT2D eigenvalue weighted by atomic mass is 9.93. The molecule has 4 amide bonds. The molecule has 0 bridgehead atoms. The average Bonchev–Trinajstić information content (AvgIpc) is 2.85. The number of carboxylic acids is 1. The summed E-state index contributed by atoms with van der Waals surface area (Å²) in [6, 6.07) is 4.01. The van der Waals surface area contributed by atoms with Crippen LogP contribution in [0.25, 0.3) is 0 Å². The predicted octanol–water partition coefficient (Wildman–Crippen LogP) is 0.389. The van der Waals surface area contributed by atoms with Gasteiger partial charge in [0, 0.05) is 31.6 Å². The highest BCUT2D eigenvalue weighted by molar-refractivity contribution is 6.23. The molecule has 0 aliphatic carbocycles. The van der Waals surface area contributed by atoms with Gasteiger partial charge in [0.25, 0.3) is 11.8 Å². The molecular formula is C19H19N3O6. The molecule has 28 heavy (non-hydrogen) atoms. The molecular weight excluding hydrogens is 366 g/mol. The van der Waals surface area contributed by atoms with E-state index >= 15 is 0 Å². The van der Waals surface area contributed by atoms with Crippen molar-refractivity contribution >= 4 is 35.3 Å². The van der Waals surface area contributed by atoms with Crippen molar-refractivity contribution in [1.29, 1.82) is 0 Å². The number of hydrogen-bond donors (Lipinski definition) is 2. The van der Waals surface area contributed by atoms with Gasteiger partial charge < -0.3 is 10.0 Å². The molecule has 3 aliphatic heterocycles. The number of imide groups is 2. The molecule has 4 rings (SSSR count). The first kappa shape index (κ1) is 18.1. The number of amides is 4. The van der Waals surface area contributed by atoms with Crippen LogP contribution < -0.4 is 10.2 Å². The van der Waals surface area contributed by atoms with Crippen LogP contribution in [0.2, 0.25) is 0 Å². The third kappa shape index (κ3) is 3.02. The van der Waals surface area contributed by atoms with Gasteiger partial charge >= 0.3 is 5.97 Å². The first-order valence-corrected chi connectivity index (χ1v) is 9.17. The Kier molecular flexibility index (Phi) is 4.37. The molecule has 3 heterocycles. The van der Waals surface area contributed by atoms with Gasteiger partial charge in [-0.05, 0) is 37.0 Å². The number of carbonyl (C=O) groups excluding carboxylic acids is 4. The third-order valence-electron chi connectivity index (χ3n) is 5.51. The number of hydrogen-bond acceptors (Lipinski definition) is 6. The molecule has 2 fully saturated rings. The van der Waals surface area contributed by atoms with Crippen LogP contribution in [0, 0.1) is 5.92 Å². The van der Waals surface area contributed by atoms with Crippen molar-refractivity contribution in [3.63, 3.8) is 0 Å². The Hall–Kier alpha value is -3.23. The first-order valence-electron chi connectivity index (χ1n) is 9.17. The first-order chi connectivity index (χ1) is 13.3. The minimum absolute atomic E-state index is 0.0839. The van der Waals surface area contributed by atoms with E-state index in [1.165, 1.54) is 0 Å². The van der Waals surface area contributed by atoms with Crippen molar-refractivity contribution in [2.75, 3.05) is 18.0 Å². The molecule has 0 saturated carbocycles. The molecule has 9 nitrogen and oxygen atoms in total. The van der Waals surface area contributed by atoms with Crippen LogP contribution in [-0.4, -0.2) is 58.7 Å². The van der Waals surface area contributed by atoms with Crippen molar-refractivity contribution in [3.8, 4) is 0 Å². The van der Waals surface area contributed by atoms with Gasteiger partial charge in [0.05, 0.1) is 11.1 Å². The molecule has 3 aliphatic rings. The average molecular weight is 385 g/mol. The number of benzene rings is 1. The summed E-state index contributed by atoms with van der Waals surface area (Å²) in [7, 11) is 0. The summed E-state index contributed by atoms with van der Waals surface area (Å²) in [5.74, 6) is -2.61. The number of piperidine rings is 1. The van der Waals surface area contributed by atoms with Crippen LogP contribution >= 0.6 is 0 Å². The van der Waals surface area contributed by atoms with Crippen LogP contribution in [0.4, 0.5) is 5.69 Å². The second kappa shape index (κ2) is 6.74. The van der Waals surface area contributed by atoms with E-state index in [4.69, 9.17) is 5.11 Å². The van der Waals surface area contributed by atoms with Gasteiger partial charge in [0.2, 0.25) is 11.8 Å². The van der Waals surface area contributed by atoms with Gasteiger partial charge in [0.1, 0.15) is 6.04 Å². The molecule has 0 aromatic heterocycles. The zero-order valence-corrected chi connectivity index (χ0v) is 15.0. The van der Waals surface area contributed by atoms with E-state index in [1.807, 2.05) is 4.90 Å². The number of anilines is 1. The largest absolute Gasteiger partial charge is 0.481 e. The summed E-state index contributed by atoms with van der Waals surface area (Å²) >= 11 is 0. The van der Waals surface area contributed by atoms with E-state index < -0.39 is 35.6 Å². The number of rotatable bonds is 5. The summed E-state index contributed by atoms with van der Waals surface area (Å²) in [6.07, 6.45) is 0.953. The maximum Gasteiger partial charge on any atom is 0.303 e. The molecule has 1 aromatic rings. The minimum Gasteiger partial charge on any atom is -0.481 e. The van der Waals surface area contributed by atoms with Crippen LogP contribution in [0.3, 0.4) is 0 Å². The van der Waals surface area contributed by atoms with E-state index in [2.05, 4.69) is 5.32 Å². The van der Waals surface area contributed by atoms with E-state index in [9.17, 15) is 24.0 Å². The Morgan fingerprint density at radius 2 is 1.82 bits per heavy atom. The highest BCUT2D eigenvalue weighted by Gasteiger charge is 2.45. The summed E-state index contributed by atoms with van der Waals surface area (Å²) in [5, 5.41) is 10.9. The molecule has 2 saturated heterocycles. The van der Waals surface area contributed by atoms with Crippen molar-refractivity contribution in [2.45, 2.75) is 31.7 Å². The second-order valence-electron chi connectivity index (χ2n) is 7.38. The number of carboxylic acid groups (broad SMARTS) is 1. The van der Waals surface area contributed by atoms with E-state index in [0.29, 0.717) is 25.4 Å². The van der Waals surface area contributed by atoms with Crippen molar-refractivity contribution in [2.24, 2.45) is 5.92 Å². The fourth-order valence-electron chi connectivity index (χ4n) is 3.95. The van der Waals surface area contributed by atoms with Crippen LogP contribution in [0.5, 0.6) is 0 Å². The lowest BCUT2D eigenvalue weighted by Crippen LogP contribution is -2.54. The van der Waals surface area contributed by atoms with Gasteiger partial charge in [-0.3, -0.25) is 34.2 Å². The quantitative estimate of drug-likeness (QED) is 0.703. The third-order valence-corrected chi connectivity index (χ3v) is 5.51. The standard InChI is InChI=1S/C19H19N3O6/c23-15-5-4-14(17(26)20-15)22-18(27)12-3-2-11(7-13(12)19(22)28)21-8-10(9-21)1-6-16(24)25/h2-3,7,10,14H,1,4-6,8-9H2,(H,24,25)(H,20,23,26). The summed E-state index contributed by atoms with van der Waals surface area (Å²) in [5.41, 5.74) is 1.29. The summed E-state index contributed by atoms with van der Waals surface area (Å²) in [4.78, 5) is 62.5. The van der Waals surface area contributed by atoms with Gasteiger partial charge in [-0.1, -0.05) is 0 Å². The van der Waals surface area contributed by atoms with Crippen LogP contribution in [0.1, 0.15) is 46.4 Å². The lowest BCUT2D eigenvalue weighted by molar-refractivity contribution is -0.138. The van der Waals surface area contributed by atoms with Gasteiger partial charge in [-0.2, -0.15) is 0 Å². The van der Waals surface area contributed by atoms with Gasteiger partial charge in [-0.25, -0.2) is 0 Å². The monoisotopic (exact) mass is 385 g/mol. The van der Waals surface area contributed by atoms with E-state index in [-0.39, 0.29) is 30.4 Å². The molecule has 9 heteroatoms. The number of aliphatic carboxylic acids is 1. The Bertz CT molecular complexity index is 905. The van der Waals surface area contributed by atoms with Crippen LogP contribution in [0.15, 0.2) is 18.2 Å². The smallest absolute Gasteiger partial charge is 0.303 e. The number of nitrogens with zero attached hydrogens (tertiary/aromatic N) is 2. The highest BCUT2D eigenvalue weighted by atomic mass is 16.4. The van der Waals surface area contributed by atoms with E-state index in [1.54, 1.807) is 18.2 Å². The fourth-order valence-corrected chi connectivity index (χ4v) is 3.95. The van der Waals surface area contributed by atoms with Crippen molar-refractivity contribution < 1.29 is 29.1 Å². The Morgan fingerprint density at radius 3 is 2.50 bits per heavy atom. The van der Waals surface area contributed by atoms with Crippen molar-refractivity contribution in [1.82, 2.24) is 10.2 Å². The van der Waals surface area contributed by atoms with Crippen LogP contribution in [-0.2, 0) is 14.4 Å². The second-order valence-corrected chi connectivity index (χ2v) is 7.38. The SMILES string of the molecule is O=C(O)CCC1CN(c2ccc3c(c2)C(=O)N(C2CCC(=O)NC2=O)C3=O)C1. The molecule has 1 aromatic carbocycles. The summed E-state index contributed by atoms with van der Waals surface area (Å²) < 4.78 is 0. The van der Waals surface area contributed by atoms with Gasteiger partial charge in [0.15, 0.2) is 0 Å². The molecule has 2 N–H and O–H groups in total. The molecule has 1 atom stereocenters. The molecule has 0 spiro atoms. The maximum atomic E-state index is 12.8. The number of fused-ring (bicyclic) bond motifs is 1. The normalized spacial score (nSPS) is 22.2. The molecule has 0 radical (unpaired) electrons. The molecule has 1 unspecified atom stereocenters. The minimum atomic E-state index is -0.974. The lowest BCUT2D eigenvalue weighted by Gasteiger charge is -2.41.